The van der Waals surface area contributed by atoms with E-state index in [-0.39, 0.29) is 0 Å². The van der Waals surface area contributed by atoms with E-state index in [2.05, 4.69) is 35.4 Å². The van der Waals surface area contributed by atoms with Crippen molar-refractivity contribution in [2.75, 3.05) is 13.7 Å². The molecular formula is C20H23N3O2S. The summed E-state index contributed by atoms with van der Waals surface area (Å²) in [6.45, 7) is 6.70. The number of para-hydroxylation sites is 1. The van der Waals surface area contributed by atoms with Crippen molar-refractivity contribution in [3.8, 4) is 11.5 Å². The largest absolute Gasteiger partial charge is 0.493 e. The van der Waals surface area contributed by atoms with E-state index in [9.17, 15) is 0 Å². The number of nitrogens with zero attached hydrogens (tertiary/aromatic N) is 1. The van der Waals surface area contributed by atoms with Gasteiger partial charge in [-0.15, -0.1) is 6.58 Å². The van der Waals surface area contributed by atoms with Crippen molar-refractivity contribution in [3.05, 3.63) is 71.8 Å². The van der Waals surface area contributed by atoms with Crippen LogP contribution in [0.15, 0.2) is 60.2 Å². The molecule has 2 N–H and O–H groups in total. The number of benzene rings is 2. The third-order valence-electron chi connectivity index (χ3n) is 3.64. The summed E-state index contributed by atoms with van der Waals surface area (Å²) in [4.78, 5) is 0. The van der Waals surface area contributed by atoms with Gasteiger partial charge in [-0.05, 0) is 42.4 Å². The lowest BCUT2D eigenvalue weighted by atomic mass is 10.1. The van der Waals surface area contributed by atoms with E-state index in [4.69, 9.17) is 21.7 Å². The minimum Gasteiger partial charge on any atom is -0.493 e. The topological polar surface area (TPSA) is 54.9 Å². The first kappa shape index (κ1) is 19.5. The third-order valence-corrected chi connectivity index (χ3v) is 3.87. The Balaban J connectivity index is 2.13. The number of ether oxygens (including phenoxy) is 2. The summed E-state index contributed by atoms with van der Waals surface area (Å²) in [6.07, 6.45) is 3.37. The van der Waals surface area contributed by atoms with Gasteiger partial charge in [0.05, 0.1) is 13.3 Å². The van der Waals surface area contributed by atoms with Gasteiger partial charge in [-0.1, -0.05) is 36.4 Å². The number of hydrogen-bond acceptors (Lipinski definition) is 4. The standard InChI is InChI=1S/C20H23N3O2S/c1-4-12-21-20(26)23-22-13-16-10-7-11-18(24-3)19(16)25-14-17-9-6-5-8-15(17)2/h4-11,13H,1,12,14H2,2-3H3,(H2,21,23,26). The molecule has 0 atom stereocenters. The first-order valence-corrected chi connectivity index (χ1v) is 8.58. The second-order valence-electron chi connectivity index (χ2n) is 5.46. The van der Waals surface area contributed by atoms with Crippen LogP contribution in [0.25, 0.3) is 0 Å². The summed E-state index contributed by atoms with van der Waals surface area (Å²) in [5, 5.41) is 7.52. The smallest absolute Gasteiger partial charge is 0.187 e. The highest BCUT2D eigenvalue weighted by Gasteiger charge is 2.10. The molecule has 2 aromatic rings. The molecule has 2 rings (SSSR count). The highest BCUT2D eigenvalue weighted by Crippen LogP contribution is 2.31. The fraction of sp³-hybridized carbons (Fsp3) is 0.200. The zero-order valence-corrected chi connectivity index (χ0v) is 15.8. The van der Waals surface area contributed by atoms with Crippen molar-refractivity contribution in [2.24, 2.45) is 5.10 Å². The number of nitrogens with one attached hydrogen (secondary N) is 2. The maximum absolute atomic E-state index is 6.04. The van der Waals surface area contributed by atoms with Gasteiger partial charge in [-0.2, -0.15) is 5.10 Å². The average Bonchev–Trinajstić information content (AvgIpc) is 2.66. The molecule has 0 fully saturated rings. The van der Waals surface area contributed by atoms with Crippen molar-refractivity contribution < 1.29 is 9.47 Å². The second kappa shape index (κ2) is 10.2. The molecule has 5 nitrogen and oxygen atoms in total. The lowest BCUT2D eigenvalue weighted by Crippen LogP contribution is -2.31. The molecule has 0 bridgehead atoms. The summed E-state index contributed by atoms with van der Waals surface area (Å²) in [6, 6.07) is 13.8. The van der Waals surface area contributed by atoms with E-state index in [1.54, 1.807) is 19.4 Å². The maximum Gasteiger partial charge on any atom is 0.187 e. The van der Waals surface area contributed by atoms with Gasteiger partial charge in [0.25, 0.3) is 0 Å². The van der Waals surface area contributed by atoms with Gasteiger partial charge in [-0.3, -0.25) is 5.43 Å². The van der Waals surface area contributed by atoms with Crippen molar-refractivity contribution in [1.82, 2.24) is 10.7 Å². The zero-order valence-electron chi connectivity index (χ0n) is 15.0. The number of thiocarbonyl (C=S) groups is 1. The Hall–Kier alpha value is -2.86. The molecular weight excluding hydrogens is 346 g/mol. The molecule has 0 spiro atoms. The molecule has 0 amide bonds. The SMILES string of the molecule is C=CCNC(=S)NN=Cc1cccc(OC)c1OCc1ccccc1C. The van der Waals surface area contributed by atoms with E-state index >= 15 is 0 Å². The number of methoxy groups -OCH3 is 1. The third kappa shape index (κ3) is 5.60. The van der Waals surface area contributed by atoms with Gasteiger partial charge in [0.15, 0.2) is 16.6 Å². The number of hydrogen-bond donors (Lipinski definition) is 2. The highest BCUT2D eigenvalue weighted by molar-refractivity contribution is 7.80. The van der Waals surface area contributed by atoms with Crippen LogP contribution >= 0.6 is 12.2 Å². The lowest BCUT2D eigenvalue weighted by molar-refractivity contribution is 0.283. The number of hydrazone groups is 1. The van der Waals surface area contributed by atoms with Crippen molar-refractivity contribution in [3.63, 3.8) is 0 Å². The van der Waals surface area contributed by atoms with Crippen LogP contribution < -0.4 is 20.2 Å². The second-order valence-corrected chi connectivity index (χ2v) is 5.87. The Morgan fingerprint density at radius 2 is 2.04 bits per heavy atom. The Kier molecular flexibility index (Phi) is 7.64. The molecule has 0 heterocycles. The van der Waals surface area contributed by atoms with E-state index < -0.39 is 0 Å². The summed E-state index contributed by atoms with van der Waals surface area (Å²) in [7, 11) is 1.61. The molecule has 0 saturated heterocycles. The van der Waals surface area contributed by atoms with Gasteiger partial charge < -0.3 is 14.8 Å². The summed E-state index contributed by atoms with van der Waals surface area (Å²) < 4.78 is 11.5. The Morgan fingerprint density at radius 1 is 1.23 bits per heavy atom. The normalized spacial score (nSPS) is 10.4. The molecule has 0 saturated carbocycles. The van der Waals surface area contributed by atoms with E-state index in [0.29, 0.717) is 29.8 Å². The number of rotatable bonds is 8. The lowest BCUT2D eigenvalue weighted by Gasteiger charge is -2.14. The quantitative estimate of drug-likeness (QED) is 0.322. The van der Waals surface area contributed by atoms with E-state index in [1.165, 1.54) is 5.56 Å². The van der Waals surface area contributed by atoms with Crippen molar-refractivity contribution in [1.29, 1.82) is 0 Å². The van der Waals surface area contributed by atoms with Crippen LogP contribution in [0.5, 0.6) is 11.5 Å². The summed E-state index contributed by atoms with van der Waals surface area (Å²) in [5.74, 6) is 1.28. The first-order valence-electron chi connectivity index (χ1n) is 8.17. The molecule has 0 aliphatic rings. The molecule has 0 aliphatic heterocycles. The molecule has 0 radical (unpaired) electrons. The molecule has 2 aromatic carbocycles. The molecule has 6 heteroatoms. The maximum atomic E-state index is 6.04. The van der Waals surface area contributed by atoms with E-state index in [1.807, 2.05) is 36.4 Å². The Labute approximate surface area is 159 Å². The zero-order chi connectivity index (χ0) is 18.8. The van der Waals surface area contributed by atoms with Crippen molar-refractivity contribution in [2.45, 2.75) is 13.5 Å². The predicted molar refractivity (Wildman–Crippen MR) is 110 cm³/mol. The fourth-order valence-corrected chi connectivity index (χ4v) is 2.37. The van der Waals surface area contributed by atoms with Crippen LogP contribution in [0.4, 0.5) is 0 Å². The van der Waals surface area contributed by atoms with Gasteiger partial charge in [0.1, 0.15) is 6.61 Å². The summed E-state index contributed by atoms with van der Waals surface area (Å²) in [5.41, 5.74) is 5.85. The van der Waals surface area contributed by atoms with Crippen molar-refractivity contribution >= 4 is 23.5 Å². The minimum atomic E-state index is 0.423. The van der Waals surface area contributed by atoms with Crippen LogP contribution in [0.2, 0.25) is 0 Å². The van der Waals surface area contributed by atoms with Gasteiger partial charge in [0.2, 0.25) is 0 Å². The highest BCUT2D eigenvalue weighted by atomic mass is 32.1. The molecule has 26 heavy (non-hydrogen) atoms. The van der Waals surface area contributed by atoms with Crippen LogP contribution in [0, 0.1) is 6.92 Å². The van der Waals surface area contributed by atoms with Crippen LogP contribution in [0.1, 0.15) is 16.7 Å². The molecule has 136 valence electrons. The van der Waals surface area contributed by atoms with Crippen LogP contribution in [-0.4, -0.2) is 25.0 Å². The fourth-order valence-electron chi connectivity index (χ4n) is 2.24. The van der Waals surface area contributed by atoms with Gasteiger partial charge in [-0.25, -0.2) is 0 Å². The Morgan fingerprint density at radius 3 is 2.77 bits per heavy atom. The molecule has 0 aromatic heterocycles. The van der Waals surface area contributed by atoms with Gasteiger partial charge >= 0.3 is 0 Å². The van der Waals surface area contributed by atoms with Crippen LogP contribution in [0.3, 0.4) is 0 Å². The average molecular weight is 369 g/mol. The predicted octanol–water partition coefficient (Wildman–Crippen LogP) is 3.57. The first-order chi connectivity index (χ1) is 12.7. The summed E-state index contributed by atoms with van der Waals surface area (Å²) >= 11 is 5.11. The monoisotopic (exact) mass is 369 g/mol. The molecule has 0 unspecified atom stereocenters. The number of aryl methyl sites for hydroxylation is 1. The van der Waals surface area contributed by atoms with Crippen LogP contribution in [-0.2, 0) is 6.61 Å². The molecule has 0 aliphatic carbocycles. The van der Waals surface area contributed by atoms with E-state index in [0.717, 1.165) is 11.1 Å². The Bertz CT molecular complexity index is 790. The van der Waals surface area contributed by atoms with Gasteiger partial charge in [0, 0.05) is 12.1 Å². The minimum absolute atomic E-state index is 0.423.